The highest BCUT2D eigenvalue weighted by molar-refractivity contribution is 4.97. The van der Waals surface area contributed by atoms with Crippen LogP contribution in [0.3, 0.4) is 0 Å². The summed E-state index contributed by atoms with van der Waals surface area (Å²) >= 11 is 0. The molecule has 1 aliphatic carbocycles. The Morgan fingerprint density at radius 1 is 1.29 bits per heavy atom. The van der Waals surface area contributed by atoms with E-state index >= 15 is 0 Å². The van der Waals surface area contributed by atoms with E-state index in [1.807, 2.05) is 0 Å². The first kappa shape index (κ1) is 10.4. The number of β-amino-alcohol motifs (C(OH)–C–C–N with tert-alkyl or cyclic N) is 1. The van der Waals surface area contributed by atoms with Crippen molar-refractivity contribution >= 4 is 0 Å². The zero-order chi connectivity index (χ0) is 10.3. The molecule has 2 unspecified atom stereocenters. The van der Waals surface area contributed by atoms with E-state index in [4.69, 9.17) is 0 Å². The molecule has 0 spiro atoms. The predicted molar refractivity (Wildman–Crippen MR) is 57.2 cm³/mol. The van der Waals surface area contributed by atoms with Crippen molar-refractivity contribution in [3.8, 4) is 0 Å². The van der Waals surface area contributed by atoms with E-state index in [0.717, 1.165) is 13.1 Å². The summed E-state index contributed by atoms with van der Waals surface area (Å²) in [5.74, 6) is 0. The van der Waals surface area contributed by atoms with Crippen molar-refractivity contribution in [1.29, 1.82) is 0 Å². The van der Waals surface area contributed by atoms with Gasteiger partial charge < -0.3 is 10.4 Å². The normalized spacial score (nSPS) is 37.5. The summed E-state index contributed by atoms with van der Waals surface area (Å²) in [5, 5.41) is 13.0. The molecule has 82 valence electrons. The van der Waals surface area contributed by atoms with Crippen molar-refractivity contribution in [2.75, 3.05) is 20.1 Å². The van der Waals surface area contributed by atoms with Gasteiger partial charge in [-0.25, -0.2) is 0 Å². The van der Waals surface area contributed by atoms with Gasteiger partial charge in [-0.05, 0) is 25.3 Å². The van der Waals surface area contributed by atoms with Gasteiger partial charge in [0.15, 0.2) is 0 Å². The smallest absolute Gasteiger partial charge is 0.0831 e. The molecule has 0 amide bonds. The highest BCUT2D eigenvalue weighted by Crippen LogP contribution is 2.43. The SMILES string of the molecule is CN(C1CC(C)(C)C1)C1CNCC1O. The van der Waals surface area contributed by atoms with Gasteiger partial charge in [0, 0.05) is 25.2 Å². The summed E-state index contributed by atoms with van der Waals surface area (Å²) in [5.41, 5.74) is 0.524. The molecule has 0 bridgehead atoms. The topological polar surface area (TPSA) is 35.5 Å². The first-order valence-electron chi connectivity index (χ1n) is 5.60. The van der Waals surface area contributed by atoms with E-state index in [1.165, 1.54) is 12.8 Å². The zero-order valence-corrected chi connectivity index (χ0v) is 9.45. The highest BCUT2D eigenvalue weighted by Gasteiger charge is 2.42. The van der Waals surface area contributed by atoms with Crippen molar-refractivity contribution in [2.24, 2.45) is 5.41 Å². The first-order chi connectivity index (χ1) is 6.49. The fourth-order valence-corrected chi connectivity index (χ4v) is 2.84. The van der Waals surface area contributed by atoms with Gasteiger partial charge in [-0.15, -0.1) is 0 Å². The van der Waals surface area contributed by atoms with Gasteiger partial charge in [0.1, 0.15) is 0 Å². The maximum Gasteiger partial charge on any atom is 0.0831 e. The van der Waals surface area contributed by atoms with E-state index in [-0.39, 0.29) is 6.10 Å². The summed E-state index contributed by atoms with van der Waals surface area (Å²) in [4.78, 5) is 2.37. The molecule has 1 saturated heterocycles. The maximum atomic E-state index is 9.75. The second-order valence-electron chi connectivity index (χ2n) is 5.68. The van der Waals surface area contributed by atoms with Crippen molar-refractivity contribution < 1.29 is 5.11 Å². The van der Waals surface area contributed by atoms with Crippen LogP contribution in [0.4, 0.5) is 0 Å². The van der Waals surface area contributed by atoms with Gasteiger partial charge in [0.25, 0.3) is 0 Å². The molecule has 2 aliphatic rings. The monoisotopic (exact) mass is 198 g/mol. The first-order valence-corrected chi connectivity index (χ1v) is 5.60. The minimum absolute atomic E-state index is 0.177. The van der Waals surface area contributed by atoms with Crippen LogP contribution in [0.2, 0.25) is 0 Å². The molecule has 1 saturated carbocycles. The zero-order valence-electron chi connectivity index (χ0n) is 9.45. The number of aliphatic hydroxyl groups is 1. The second-order valence-corrected chi connectivity index (χ2v) is 5.68. The van der Waals surface area contributed by atoms with E-state index < -0.39 is 0 Å². The molecule has 1 heterocycles. The lowest BCUT2D eigenvalue weighted by molar-refractivity contribution is -0.00859. The van der Waals surface area contributed by atoms with Crippen LogP contribution in [-0.4, -0.2) is 48.3 Å². The molecule has 3 nitrogen and oxygen atoms in total. The highest BCUT2D eigenvalue weighted by atomic mass is 16.3. The number of rotatable bonds is 2. The molecule has 0 aromatic rings. The van der Waals surface area contributed by atoms with Crippen LogP contribution in [0.5, 0.6) is 0 Å². The molecule has 2 rings (SSSR count). The Hall–Kier alpha value is -0.120. The Balaban J connectivity index is 1.87. The lowest BCUT2D eigenvalue weighted by atomic mass is 9.67. The summed E-state index contributed by atoms with van der Waals surface area (Å²) in [6, 6.07) is 1.01. The molecule has 2 N–H and O–H groups in total. The number of hydrogen-bond acceptors (Lipinski definition) is 3. The third-order valence-electron chi connectivity index (χ3n) is 3.83. The number of nitrogens with one attached hydrogen (secondary N) is 1. The van der Waals surface area contributed by atoms with Crippen LogP contribution in [0, 0.1) is 5.41 Å². The van der Waals surface area contributed by atoms with Crippen LogP contribution in [0.1, 0.15) is 26.7 Å². The lowest BCUT2D eigenvalue weighted by Crippen LogP contribution is -2.53. The molecule has 14 heavy (non-hydrogen) atoms. The second kappa shape index (κ2) is 3.47. The van der Waals surface area contributed by atoms with Gasteiger partial charge in [-0.2, -0.15) is 0 Å². The quantitative estimate of drug-likeness (QED) is 0.676. The van der Waals surface area contributed by atoms with Crippen LogP contribution < -0.4 is 5.32 Å². The van der Waals surface area contributed by atoms with Gasteiger partial charge >= 0.3 is 0 Å². The van der Waals surface area contributed by atoms with Crippen molar-refractivity contribution in [1.82, 2.24) is 10.2 Å². The van der Waals surface area contributed by atoms with E-state index in [2.05, 4.69) is 31.1 Å². The molecular weight excluding hydrogens is 176 g/mol. The van der Waals surface area contributed by atoms with Crippen molar-refractivity contribution in [3.63, 3.8) is 0 Å². The van der Waals surface area contributed by atoms with Crippen LogP contribution in [0.15, 0.2) is 0 Å². The van der Waals surface area contributed by atoms with Crippen molar-refractivity contribution in [2.45, 2.75) is 44.9 Å². The maximum absolute atomic E-state index is 9.75. The standard InChI is InChI=1S/C11H22N2O/c1-11(2)4-8(5-11)13(3)9-6-12-7-10(9)14/h8-10,12,14H,4-7H2,1-3H3. The van der Waals surface area contributed by atoms with Crippen molar-refractivity contribution in [3.05, 3.63) is 0 Å². The number of hydrogen-bond donors (Lipinski definition) is 2. The van der Waals surface area contributed by atoms with Gasteiger partial charge in [0.05, 0.1) is 6.10 Å². The third-order valence-corrected chi connectivity index (χ3v) is 3.83. The minimum Gasteiger partial charge on any atom is -0.390 e. The van der Waals surface area contributed by atoms with Gasteiger partial charge in [-0.3, -0.25) is 4.90 Å². The molecule has 2 atom stereocenters. The van der Waals surface area contributed by atoms with Crippen LogP contribution in [-0.2, 0) is 0 Å². The van der Waals surface area contributed by atoms with Crippen LogP contribution >= 0.6 is 0 Å². The Kier molecular flexibility index (Phi) is 2.58. The van der Waals surface area contributed by atoms with E-state index in [0.29, 0.717) is 17.5 Å². The number of nitrogens with zero attached hydrogens (tertiary/aromatic N) is 1. The van der Waals surface area contributed by atoms with E-state index in [9.17, 15) is 5.11 Å². The molecular formula is C11H22N2O. The Morgan fingerprint density at radius 2 is 1.93 bits per heavy atom. The average Bonchev–Trinajstić information content (AvgIpc) is 2.45. The Labute approximate surface area is 86.5 Å². The fraction of sp³-hybridized carbons (Fsp3) is 1.00. The molecule has 3 heteroatoms. The fourth-order valence-electron chi connectivity index (χ4n) is 2.84. The van der Waals surface area contributed by atoms with Gasteiger partial charge in [-0.1, -0.05) is 13.8 Å². The largest absolute Gasteiger partial charge is 0.390 e. The Morgan fingerprint density at radius 3 is 2.36 bits per heavy atom. The molecule has 0 radical (unpaired) electrons. The lowest BCUT2D eigenvalue weighted by Gasteiger charge is -2.49. The summed E-state index contributed by atoms with van der Waals surface area (Å²) < 4.78 is 0. The third kappa shape index (κ3) is 1.81. The molecule has 0 aromatic carbocycles. The predicted octanol–water partition coefficient (Wildman–Crippen LogP) is 0.439. The number of aliphatic hydroxyl groups excluding tert-OH is 1. The average molecular weight is 198 g/mol. The van der Waals surface area contributed by atoms with Crippen LogP contribution in [0.25, 0.3) is 0 Å². The molecule has 2 fully saturated rings. The minimum atomic E-state index is -0.177. The molecule has 1 aliphatic heterocycles. The summed E-state index contributed by atoms with van der Waals surface area (Å²) in [6.07, 6.45) is 2.36. The number of likely N-dealkylation sites (N-methyl/N-ethyl adjacent to an activating group) is 1. The molecule has 0 aromatic heterocycles. The van der Waals surface area contributed by atoms with E-state index in [1.54, 1.807) is 0 Å². The summed E-state index contributed by atoms with van der Waals surface area (Å²) in [7, 11) is 2.15. The summed E-state index contributed by atoms with van der Waals surface area (Å²) in [6.45, 7) is 6.33. The van der Waals surface area contributed by atoms with Gasteiger partial charge in [0.2, 0.25) is 0 Å². The Bertz CT molecular complexity index is 209.